The zero-order chi connectivity index (χ0) is 11.2. The molecule has 4 nitrogen and oxygen atoms in total. The van der Waals surface area contributed by atoms with Crippen LogP contribution in [0.3, 0.4) is 0 Å². The molecular weight excluding hydrogens is 184 g/mol. The molecule has 4 heteroatoms. The molecule has 0 aromatic heterocycles. The number of hydrogen-bond acceptors (Lipinski definition) is 3. The van der Waals surface area contributed by atoms with Crippen molar-refractivity contribution < 1.29 is 19.4 Å². The van der Waals surface area contributed by atoms with Gasteiger partial charge in [0.05, 0.1) is 6.61 Å². The fourth-order valence-electron chi connectivity index (χ4n) is 1.12. The van der Waals surface area contributed by atoms with Crippen molar-refractivity contribution in [1.29, 1.82) is 0 Å². The Bertz CT molecular complexity index is 212. The van der Waals surface area contributed by atoms with Crippen molar-refractivity contribution in [3.05, 3.63) is 0 Å². The van der Waals surface area contributed by atoms with E-state index in [4.69, 9.17) is 9.84 Å². The van der Waals surface area contributed by atoms with E-state index in [9.17, 15) is 9.59 Å². The smallest absolute Gasteiger partial charge is 0.323 e. The Labute approximate surface area is 84.3 Å². The van der Waals surface area contributed by atoms with Crippen LogP contribution < -0.4 is 0 Å². The number of hydrogen-bond donors (Lipinski definition) is 1. The number of aliphatic carboxylic acids is 1. The molecule has 0 fully saturated rings. The molecule has 0 rings (SSSR count). The molecule has 0 unspecified atom stereocenters. The normalized spacial score (nSPS) is 14.5. The summed E-state index contributed by atoms with van der Waals surface area (Å²) >= 11 is 0. The Kier molecular flexibility index (Phi) is 5.20. The number of ether oxygens (including phenoxy) is 1. The van der Waals surface area contributed by atoms with Crippen LogP contribution in [0.4, 0.5) is 0 Å². The fraction of sp³-hybridized carbons (Fsp3) is 0.800. The molecule has 0 radical (unpaired) electrons. The van der Waals surface area contributed by atoms with Crippen LogP contribution in [0.5, 0.6) is 0 Å². The first-order valence-electron chi connectivity index (χ1n) is 4.89. The minimum atomic E-state index is -1.38. The van der Waals surface area contributed by atoms with Gasteiger partial charge < -0.3 is 9.84 Å². The molecule has 0 aliphatic heterocycles. The number of carbonyl (C=O) groups is 2. The lowest BCUT2D eigenvalue weighted by Crippen LogP contribution is -2.37. The van der Waals surface area contributed by atoms with Crippen molar-refractivity contribution in [1.82, 2.24) is 0 Å². The third-order valence-corrected chi connectivity index (χ3v) is 2.23. The van der Waals surface area contributed by atoms with E-state index in [2.05, 4.69) is 0 Å². The molecule has 0 aliphatic carbocycles. The number of esters is 1. The van der Waals surface area contributed by atoms with E-state index >= 15 is 0 Å². The first-order valence-corrected chi connectivity index (χ1v) is 4.89. The number of unbranched alkanes of at least 4 members (excludes halogenated alkanes) is 1. The Hall–Kier alpha value is -1.06. The van der Waals surface area contributed by atoms with E-state index in [-0.39, 0.29) is 6.61 Å². The lowest BCUT2D eigenvalue weighted by molar-refractivity contribution is -0.167. The van der Waals surface area contributed by atoms with Gasteiger partial charge in [0.15, 0.2) is 5.41 Å². The molecule has 0 bridgehead atoms. The molecule has 0 aliphatic rings. The highest BCUT2D eigenvalue weighted by atomic mass is 16.5. The zero-order valence-electron chi connectivity index (χ0n) is 9.00. The lowest BCUT2D eigenvalue weighted by atomic mass is 9.85. The lowest BCUT2D eigenvalue weighted by Gasteiger charge is -2.21. The van der Waals surface area contributed by atoms with Gasteiger partial charge in [0.1, 0.15) is 0 Å². The van der Waals surface area contributed by atoms with Gasteiger partial charge in [-0.2, -0.15) is 0 Å². The van der Waals surface area contributed by atoms with Crippen LogP contribution in [-0.4, -0.2) is 23.7 Å². The van der Waals surface area contributed by atoms with Gasteiger partial charge in [-0.25, -0.2) is 0 Å². The van der Waals surface area contributed by atoms with Gasteiger partial charge in [0.2, 0.25) is 0 Å². The van der Waals surface area contributed by atoms with Crippen molar-refractivity contribution in [2.24, 2.45) is 5.41 Å². The number of carboxylic acids is 1. The van der Waals surface area contributed by atoms with Crippen LogP contribution in [0.15, 0.2) is 0 Å². The summed E-state index contributed by atoms with van der Waals surface area (Å²) in [5, 5.41) is 8.96. The third kappa shape index (κ3) is 3.01. The van der Waals surface area contributed by atoms with Crippen molar-refractivity contribution in [2.45, 2.75) is 40.0 Å². The molecule has 0 amide bonds. The van der Waals surface area contributed by atoms with Crippen LogP contribution in [0.1, 0.15) is 40.0 Å². The fourth-order valence-corrected chi connectivity index (χ4v) is 1.12. The van der Waals surface area contributed by atoms with Gasteiger partial charge in [0.25, 0.3) is 0 Å². The summed E-state index contributed by atoms with van der Waals surface area (Å²) in [5.74, 6) is -1.75. The highest BCUT2D eigenvalue weighted by Crippen LogP contribution is 2.26. The number of carbonyl (C=O) groups excluding carboxylic acids is 1. The molecule has 0 saturated heterocycles. The second-order valence-electron chi connectivity index (χ2n) is 3.46. The summed E-state index contributed by atoms with van der Waals surface area (Å²) in [4.78, 5) is 22.4. The maximum absolute atomic E-state index is 11.4. The van der Waals surface area contributed by atoms with E-state index in [0.717, 1.165) is 6.42 Å². The molecule has 82 valence electrons. The standard InChI is InChI=1S/C10H18O4/c1-4-6-7-10(3,8(11)12)9(13)14-5-2/h4-7H2,1-3H3,(H,11,12)/t10-/m0/s1. The Morgan fingerprint density at radius 1 is 1.36 bits per heavy atom. The first-order chi connectivity index (χ1) is 6.49. The predicted octanol–water partition coefficient (Wildman–Crippen LogP) is 1.83. The minimum absolute atomic E-state index is 0.216. The molecule has 0 spiro atoms. The van der Waals surface area contributed by atoms with Crippen molar-refractivity contribution in [3.63, 3.8) is 0 Å². The molecule has 14 heavy (non-hydrogen) atoms. The average Bonchev–Trinajstić information content (AvgIpc) is 2.14. The van der Waals surface area contributed by atoms with Gasteiger partial charge in [-0.15, -0.1) is 0 Å². The first kappa shape index (κ1) is 12.9. The van der Waals surface area contributed by atoms with Gasteiger partial charge in [0, 0.05) is 0 Å². The van der Waals surface area contributed by atoms with Crippen molar-refractivity contribution in [3.8, 4) is 0 Å². The highest BCUT2D eigenvalue weighted by Gasteiger charge is 2.42. The topological polar surface area (TPSA) is 63.6 Å². The van der Waals surface area contributed by atoms with Gasteiger partial charge in [-0.05, 0) is 20.3 Å². The molecular formula is C10H18O4. The van der Waals surface area contributed by atoms with Crippen LogP contribution in [0.25, 0.3) is 0 Å². The monoisotopic (exact) mass is 202 g/mol. The highest BCUT2D eigenvalue weighted by molar-refractivity contribution is 5.98. The minimum Gasteiger partial charge on any atom is -0.480 e. The van der Waals surface area contributed by atoms with E-state index < -0.39 is 17.4 Å². The number of carboxylic acid groups (broad SMARTS) is 1. The average molecular weight is 202 g/mol. The summed E-state index contributed by atoms with van der Waals surface area (Å²) in [6.45, 7) is 5.25. The number of rotatable bonds is 6. The van der Waals surface area contributed by atoms with Gasteiger partial charge in [-0.3, -0.25) is 9.59 Å². The van der Waals surface area contributed by atoms with Crippen molar-refractivity contribution >= 4 is 11.9 Å². The van der Waals surface area contributed by atoms with Gasteiger partial charge >= 0.3 is 11.9 Å². The second kappa shape index (κ2) is 5.62. The van der Waals surface area contributed by atoms with E-state index in [1.807, 2.05) is 6.92 Å². The summed E-state index contributed by atoms with van der Waals surface area (Å²) in [6.07, 6.45) is 1.90. The summed E-state index contributed by atoms with van der Waals surface area (Å²) in [5.41, 5.74) is -1.38. The Morgan fingerprint density at radius 3 is 2.29 bits per heavy atom. The third-order valence-electron chi connectivity index (χ3n) is 2.23. The van der Waals surface area contributed by atoms with E-state index in [0.29, 0.717) is 12.8 Å². The quantitative estimate of drug-likeness (QED) is 0.527. The van der Waals surface area contributed by atoms with Gasteiger partial charge in [-0.1, -0.05) is 19.8 Å². The maximum Gasteiger partial charge on any atom is 0.323 e. The van der Waals surface area contributed by atoms with Crippen molar-refractivity contribution in [2.75, 3.05) is 6.61 Å². The van der Waals surface area contributed by atoms with Crippen LogP contribution in [0.2, 0.25) is 0 Å². The van der Waals surface area contributed by atoms with Crippen LogP contribution in [-0.2, 0) is 14.3 Å². The second-order valence-corrected chi connectivity index (χ2v) is 3.46. The Morgan fingerprint density at radius 2 is 1.93 bits per heavy atom. The largest absolute Gasteiger partial charge is 0.480 e. The van der Waals surface area contributed by atoms with Crippen LogP contribution in [0, 0.1) is 5.41 Å². The van der Waals surface area contributed by atoms with E-state index in [1.54, 1.807) is 6.92 Å². The zero-order valence-corrected chi connectivity index (χ0v) is 9.00. The Balaban J connectivity index is 4.53. The predicted molar refractivity (Wildman–Crippen MR) is 51.9 cm³/mol. The molecule has 1 atom stereocenters. The maximum atomic E-state index is 11.4. The van der Waals surface area contributed by atoms with E-state index in [1.165, 1.54) is 6.92 Å². The molecule has 1 N–H and O–H groups in total. The van der Waals surface area contributed by atoms with Crippen LogP contribution >= 0.6 is 0 Å². The SMILES string of the molecule is CCCC[C@@](C)(C(=O)O)C(=O)OCC. The molecule has 0 saturated carbocycles. The molecule has 0 heterocycles. The molecule has 0 aromatic rings. The summed E-state index contributed by atoms with van der Waals surface area (Å²) < 4.78 is 4.75. The summed E-state index contributed by atoms with van der Waals surface area (Å²) in [6, 6.07) is 0. The summed E-state index contributed by atoms with van der Waals surface area (Å²) in [7, 11) is 0. The molecule has 0 aromatic carbocycles.